The topological polar surface area (TPSA) is 44.5 Å². The first-order valence-corrected chi connectivity index (χ1v) is 7.18. The largest absolute Gasteiger partial charge is 0.389 e. The molecule has 0 aromatic heterocycles. The van der Waals surface area contributed by atoms with Gasteiger partial charge in [0.05, 0.1) is 19.8 Å². The number of benzene rings is 2. The highest BCUT2D eigenvalue weighted by Gasteiger charge is 2.06. The first-order valence-electron chi connectivity index (χ1n) is 6.77. The van der Waals surface area contributed by atoms with Gasteiger partial charge in [0, 0.05) is 12.7 Å². The van der Waals surface area contributed by atoms with E-state index in [0.717, 1.165) is 22.3 Å². The summed E-state index contributed by atoms with van der Waals surface area (Å²) in [6.45, 7) is 1.79. The van der Waals surface area contributed by atoms with Gasteiger partial charge in [-0.2, -0.15) is 0 Å². The van der Waals surface area contributed by atoms with Crippen LogP contribution in [0, 0.1) is 0 Å². The van der Waals surface area contributed by atoms with Gasteiger partial charge in [-0.1, -0.05) is 60.7 Å². The summed E-state index contributed by atoms with van der Waals surface area (Å²) in [7, 11) is 1.66. The Balaban J connectivity index is 2.10. The second-order valence-corrected chi connectivity index (χ2v) is 5.09. The van der Waals surface area contributed by atoms with E-state index in [1.54, 1.807) is 7.11 Å². The quantitative estimate of drug-likeness (QED) is 0.630. The van der Waals surface area contributed by atoms with Crippen LogP contribution in [0.4, 0.5) is 0 Å². The Labute approximate surface area is 130 Å². The van der Waals surface area contributed by atoms with E-state index < -0.39 is 0 Å². The number of nitrogens with two attached hydrogens (primary N) is 1. The molecule has 0 fully saturated rings. The number of methoxy groups -OCH3 is 1. The van der Waals surface area contributed by atoms with Crippen LogP contribution in [0.3, 0.4) is 0 Å². The zero-order valence-electron chi connectivity index (χ0n) is 12.0. The van der Waals surface area contributed by atoms with Crippen LogP contribution in [0.25, 0.3) is 11.1 Å². The van der Waals surface area contributed by atoms with Crippen molar-refractivity contribution in [2.24, 2.45) is 5.73 Å². The van der Waals surface area contributed by atoms with Crippen LogP contribution < -0.4 is 5.73 Å². The third-order valence-electron chi connectivity index (χ3n) is 3.16. The zero-order chi connectivity index (χ0) is 15.1. The Morgan fingerprint density at radius 1 is 1.05 bits per heavy atom. The molecule has 0 aliphatic rings. The summed E-state index contributed by atoms with van der Waals surface area (Å²) in [6.07, 6.45) is 0. The summed E-state index contributed by atoms with van der Waals surface area (Å²) in [6, 6.07) is 16.1. The Bertz CT molecular complexity index is 596. The molecule has 3 nitrogen and oxygen atoms in total. The van der Waals surface area contributed by atoms with Crippen molar-refractivity contribution >= 4 is 17.2 Å². The third-order valence-corrected chi connectivity index (χ3v) is 3.38. The van der Waals surface area contributed by atoms with E-state index in [2.05, 4.69) is 24.3 Å². The van der Waals surface area contributed by atoms with E-state index in [9.17, 15) is 0 Å². The molecule has 0 aliphatic heterocycles. The van der Waals surface area contributed by atoms with Crippen molar-refractivity contribution in [3.8, 4) is 11.1 Å². The van der Waals surface area contributed by atoms with Crippen LogP contribution in [0.1, 0.15) is 11.1 Å². The van der Waals surface area contributed by atoms with Crippen molar-refractivity contribution in [3.05, 3.63) is 59.7 Å². The normalized spacial score (nSPS) is 10.5. The lowest BCUT2D eigenvalue weighted by Crippen LogP contribution is -2.10. The van der Waals surface area contributed by atoms with Crippen LogP contribution in [0.5, 0.6) is 0 Å². The Morgan fingerprint density at radius 3 is 2.43 bits per heavy atom. The number of hydrogen-bond acceptors (Lipinski definition) is 3. The van der Waals surface area contributed by atoms with Crippen molar-refractivity contribution in [3.63, 3.8) is 0 Å². The molecule has 4 heteroatoms. The van der Waals surface area contributed by atoms with Gasteiger partial charge in [0.2, 0.25) is 0 Å². The molecule has 0 unspecified atom stereocenters. The van der Waals surface area contributed by atoms with E-state index in [-0.39, 0.29) is 0 Å². The fourth-order valence-corrected chi connectivity index (χ4v) is 2.24. The standard InChI is InChI=1S/C17H19NO2S/c1-19-10-11-20-12-13-6-8-14(9-7-13)15-4-2-3-5-16(15)17(18)21/h2-9H,10-12H2,1H3,(H2,18,21). The molecular weight excluding hydrogens is 282 g/mol. The zero-order valence-corrected chi connectivity index (χ0v) is 12.9. The molecule has 0 saturated carbocycles. The van der Waals surface area contributed by atoms with Crippen LogP contribution >= 0.6 is 12.2 Å². The van der Waals surface area contributed by atoms with Gasteiger partial charge in [0.25, 0.3) is 0 Å². The highest BCUT2D eigenvalue weighted by molar-refractivity contribution is 7.80. The molecule has 2 aromatic rings. The maximum Gasteiger partial charge on any atom is 0.104 e. The Morgan fingerprint density at radius 2 is 1.76 bits per heavy atom. The van der Waals surface area contributed by atoms with Gasteiger partial charge in [0.15, 0.2) is 0 Å². The van der Waals surface area contributed by atoms with E-state index in [4.69, 9.17) is 27.4 Å². The lowest BCUT2D eigenvalue weighted by molar-refractivity contribution is 0.0617. The molecule has 0 radical (unpaired) electrons. The van der Waals surface area contributed by atoms with Crippen LogP contribution in [0.2, 0.25) is 0 Å². The lowest BCUT2D eigenvalue weighted by Gasteiger charge is -2.09. The van der Waals surface area contributed by atoms with E-state index in [1.807, 2.05) is 24.3 Å². The van der Waals surface area contributed by atoms with Crippen molar-refractivity contribution < 1.29 is 9.47 Å². The molecule has 0 bridgehead atoms. The van der Waals surface area contributed by atoms with Gasteiger partial charge in [-0.15, -0.1) is 0 Å². The molecule has 110 valence electrons. The van der Waals surface area contributed by atoms with Crippen molar-refractivity contribution in [1.29, 1.82) is 0 Å². The summed E-state index contributed by atoms with van der Waals surface area (Å²) in [5.74, 6) is 0. The van der Waals surface area contributed by atoms with Crippen LogP contribution in [-0.4, -0.2) is 25.3 Å². The molecule has 0 heterocycles. The molecule has 21 heavy (non-hydrogen) atoms. The molecule has 0 amide bonds. The minimum atomic E-state index is 0.414. The fraction of sp³-hybridized carbons (Fsp3) is 0.235. The SMILES string of the molecule is COCCOCc1ccc(-c2ccccc2C(N)=S)cc1. The highest BCUT2D eigenvalue weighted by atomic mass is 32.1. The summed E-state index contributed by atoms with van der Waals surface area (Å²) in [5, 5.41) is 0. The lowest BCUT2D eigenvalue weighted by atomic mass is 9.99. The molecule has 0 spiro atoms. The third kappa shape index (κ3) is 4.36. The van der Waals surface area contributed by atoms with Gasteiger partial charge in [-0.25, -0.2) is 0 Å². The van der Waals surface area contributed by atoms with Gasteiger partial charge < -0.3 is 15.2 Å². The van der Waals surface area contributed by atoms with Crippen LogP contribution in [-0.2, 0) is 16.1 Å². The fourth-order valence-electron chi connectivity index (χ4n) is 2.06. The van der Waals surface area contributed by atoms with Gasteiger partial charge in [0.1, 0.15) is 4.99 Å². The van der Waals surface area contributed by atoms with Gasteiger partial charge >= 0.3 is 0 Å². The molecule has 2 aromatic carbocycles. The first-order chi connectivity index (χ1) is 10.2. The predicted molar refractivity (Wildman–Crippen MR) is 89.3 cm³/mol. The van der Waals surface area contributed by atoms with E-state index in [1.165, 1.54) is 0 Å². The summed E-state index contributed by atoms with van der Waals surface area (Å²) >= 11 is 5.10. The summed E-state index contributed by atoms with van der Waals surface area (Å²) in [5.41, 5.74) is 9.95. The predicted octanol–water partition coefficient (Wildman–Crippen LogP) is 3.15. The number of hydrogen-bond donors (Lipinski definition) is 1. The maximum absolute atomic E-state index is 5.78. The Hall–Kier alpha value is -1.75. The van der Waals surface area contributed by atoms with E-state index >= 15 is 0 Å². The second kappa shape index (κ2) is 7.88. The van der Waals surface area contributed by atoms with Gasteiger partial charge in [-0.3, -0.25) is 0 Å². The number of thiocarbonyl (C=S) groups is 1. The molecule has 2 N–H and O–H groups in total. The molecular formula is C17H19NO2S. The molecule has 0 aliphatic carbocycles. The van der Waals surface area contributed by atoms with Crippen LogP contribution in [0.15, 0.2) is 48.5 Å². The molecule has 0 saturated heterocycles. The first kappa shape index (κ1) is 15.6. The van der Waals surface area contributed by atoms with Gasteiger partial charge in [-0.05, 0) is 16.7 Å². The monoisotopic (exact) mass is 301 g/mol. The minimum Gasteiger partial charge on any atom is -0.389 e. The average molecular weight is 301 g/mol. The minimum absolute atomic E-state index is 0.414. The van der Waals surface area contributed by atoms with Crippen molar-refractivity contribution in [2.45, 2.75) is 6.61 Å². The van der Waals surface area contributed by atoms with Crippen molar-refractivity contribution in [1.82, 2.24) is 0 Å². The molecule has 0 atom stereocenters. The second-order valence-electron chi connectivity index (χ2n) is 4.65. The number of ether oxygens (including phenoxy) is 2. The average Bonchev–Trinajstić information content (AvgIpc) is 2.52. The van der Waals surface area contributed by atoms with Crippen molar-refractivity contribution in [2.75, 3.05) is 20.3 Å². The number of rotatable bonds is 7. The molecule has 2 rings (SSSR count). The smallest absolute Gasteiger partial charge is 0.104 e. The highest BCUT2D eigenvalue weighted by Crippen LogP contribution is 2.24. The summed E-state index contributed by atoms with van der Waals surface area (Å²) < 4.78 is 10.4. The summed E-state index contributed by atoms with van der Waals surface area (Å²) in [4.78, 5) is 0.414. The maximum atomic E-state index is 5.78. The Kier molecular flexibility index (Phi) is 5.87. The van der Waals surface area contributed by atoms with E-state index in [0.29, 0.717) is 24.8 Å².